The van der Waals surface area contributed by atoms with Crippen molar-refractivity contribution in [2.24, 2.45) is 0 Å². The van der Waals surface area contributed by atoms with Gasteiger partial charge in [-0.05, 0) is 86.3 Å². The Hall–Kier alpha value is -5.22. The Bertz CT molecular complexity index is 2710. The summed E-state index contributed by atoms with van der Waals surface area (Å²) in [6.07, 6.45) is 0. The summed E-state index contributed by atoms with van der Waals surface area (Å²) in [6.45, 7) is 0. The van der Waals surface area contributed by atoms with Crippen molar-refractivity contribution in [1.82, 2.24) is 0 Å². The molecule has 0 aliphatic carbocycles. The smallest absolute Gasteiger partial charge is 0.135 e. The predicted molar refractivity (Wildman–Crippen MR) is 196 cm³/mol. The van der Waals surface area contributed by atoms with E-state index < -0.39 is 0 Å². The minimum absolute atomic E-state index is 0.899. The first-order chi connectivity index (χ1) is 22.2. The van der Waals surface area contributed by atoms with Crippen LogP contribution in [0.4, 0.5) is 0 Å². The standard InChI is InChI=1S/C42H24OS2/c1-2-6-30-23-39-35(20-29(30)5-1)41-42(44-39)36-21-34-19-31(17-18-32(34)24-40(36)45-41)27-11-9-25(10-12-27)26-13-15-28(16-14-26)38-22-33-7-3-4-8-37(33)43-38/h1-24H. The van der Waals surface area contributed by atoms with E-state index in [1.165, 1.54) is 73.4 Å². The zero-order valence-electron chi connectivity index (χ0n) is 24.1. The lowest BCUT2D eigenvalue weighted by Gasteiger charge is -2.08. The van der Waals surface area contributed by atoms with Crippen LogP contribution in [0.1, 0.15) is 0 Å². The number of para-hydroxylation sites is 1. The molecule has 1 nitrogen and oxygen atoms in total. The first-order valence-corrected chi connectivity index (χ1v) is 16.8. The van der Waals surface area contributed by atoms with Crippen LogP contribution < -0.4 is 0 Å². The van der Waals surface area contributed by atoms with Crippen LogP contribution in [0.5, 0.6) is 0 Å². The van der Waals surface area contributed by atoms with E-state index in [-0.39, 0.29) is 0 Å². The Balaban J connectivity index is 0.985. The molecule has 0 saturated heterocycles. The number of hydrogen-bond donors (Lipinski definition) is 0. The number of rotatable bonds is 3. The largest absolute Gasteiger partial charge is 0.456 e. The lowest BCUT2D eigenvalue weighted by Crippen LogP contribution is -1.82. The zero-order chi connectivity index (χ0) is 29.5. The van der Waals surface area contributed by atoms with Crippen molar-refractivity contribution >= 4 is 84.8 Å². The van der Waals surface area contributed by atoms with Gasteiger partial charge in [0.1, 0.15) is 11.3 Å². The summed E-state index contributed by atoms with van der Waals surface area (Å²) in [5, 5.41) is 9.06. The average Bonchev–Trinajstić information content (AvgIpc) is 3.78. The molecule has 0 spiro atoms. The van der Waals surface area contributed by atoms with Gasteiger partial charge in [-0.1, -0.05) is 103 Å². The van der Waals surface area contributed by atoms with Crippen LogP contribution in [0.25, 0.3) is 95.7 Å². The molecule has 3 heterocycles. The quantitative estimate of drug-likeness (QED) is 0.194. The molecule has 10 aromatic rings. The molecule has 3 heteroatoms. The summed E-state index contributed by atoms with van der Waals surface area (Å²) < 4.78 is 11.6. The summed E-state index contributed by atoms with van der Waals surface area (Å²) in [5.74, 6) is 0.899. The van der Waals surface area contributed by atoms with Crippen molar-refractivity contribution < 1.29 is 4.42 Å². The first-order valence-electron chi connectivity index (χ1n) is 15.1. The summed E-state index contributed by atoms with van der Waals surface area (Å²) >= 11 is 3.85. The Labute approximate surface area is 267 Å². The monoisotopic (exact) mass is 608 g/mol. The maximum Gasteiger partial charge on any atom is 0.135 e. The molecule has 0 amide bonds. The van der Waals surface area contributed by atoms with Crippen molar-refractivity contribution in [2.75, 3.05) is 0 Å². The second-order valence-corrected chi connectivity index (χ2v) is 13.9. The molecule has 0 saturated carbocycles. The van der Waals surface area contributed by atoms with E-state index in [1.54, 1.807) is 0 Å². The Morgan fingerprint density at radius 2 is 0.844 bits per heavy atom. The normalized spacial score (nSPS) is 12.0. The van der Waals surface area contributed by atoms with E-state index in [9.17, 15) is 0 Å². The van der Waals surface area contributed by atoms with Gasteiger partial charge < -0.3 is 4.42 Å². The molecule has 0 N–H and O–H groups in total. The molecular weight excluding hydrogens is 585 g/mol. The van der Waals surface area contributed by atoms with E-state index in [4.69, 9.17) is 4.42 Å². The average molecular weight is 609 g/mol. The maximum atomic E-state index is 6.06. The lowest BCUT2D eigenvalue weighted by molar-refractivity contribution is 0.631. The van der Waals surface area contributed by atoms with E-state index >= 15 is 0 Å². The Kier molecular flexibility index (Phi) is 5.39. The van der Waals surface area contributed by atoms with E-state index in [0.717, 1.165) is 22.3 Å². The molecule has 210 valence electrons. The van der Waals surface area contributed by atoms with Gasteiger partial charge in [0.2, 0.25) is 0 Å². The molecule has 0 unspecified atom stereocenters. The van der Waals surface area contributed by atoms with Gasteiger partial charge >= 0.3 is 0 Å². The molecule has 0 aliphatic rings. The second kappa shape index (κ2) is 9.64. The lowest BCUT2D eigenvalue weighted by atomic mass is 9.97. The fourth-order valence-electron chi connectivity index (χ4n) is 6.67. The molecule has 0 aliphatic heterocycles. The van der Waals surface area contributed by atoms with Crippen LogP contribution in [0.2, 0.25) is 0 Å². The maximum absolute atomic E-state index is 6.06. The molecule has 10 rings (SSSR count). The number of fused-ring (bicyclic) bond motifs is 8. The molecule has 0 radical (unpaired) electrons. The van der Waals surface area contributed by atoms with Crippen LogP contribution >= 0.6 is 22.7 Å². The molecule has 0 fully saturated rings. The van der Waals surface area contributed by atoms with Gasteiger partial charge in [0.25, 0.3) is 0 Å². The predicted octanol–water partition coefficient (Wildman–Crippen LogP) is 13.3. The van der Waals surface area contributed by atoms with Crippen LogP contribution in [0.3, 0.4) is 0 Å². The highest BCUT2D eigenvalue weighted by Gasteiger charge is 2.14. The minimum Gasteiger partial charge on any atom is -0.456 e. The third-order valence-corrected chi connectivity index (χ3v) is 11.6. The van der Waals surface area contributed by atoms with Crippen molar-refractivity contribution in [2.45, 2.75) is 0 Å². The van der Waals surface area contributed by atoms with Gasteiger partial charge in [-0.15, -0.1) is 22.7 Å². The molecule has 3 aromatic heterocycles. The summed E-state index contributed by atoms with van der Waals surface area (Å²) in [4.78, 5) is 0. The molecule has 0 atom stereocenters. The second-order valence-electron chi connectivity index (χ2n) is 11.8. The van der Waals surface area contributed by atoms with Gasteiger partial charge in [0.05, 0.1) is 9.40 Å². The van der Waals surface area contributed by atoms with Crippen molar-refractivity contribution in [3.63, 3.8) is 0 Å². The minimum atomic E-state index is 0.899. The number of benzene rings is 7. The van der Waals surface area contributed by atoms with Crippen LogP contribution in [-0.2, 0) is 0 Å². The third kappa shape index (κ3) is 4.05. The van der Waals surface area contributed by atoms with E-state index in [0.29, 0.717) is 0 Å². The SMILES string of the molecule is c1ccc2cc3c(cc2c1)sc1c2cc4cc(-c5ccc(-c6ccc(-c7cc8ccccc8o7)cc6)cc5)ccc4cc2sc31. The summed E-state index contributed by atoms with van der Waals surface area (Å²) in [7, 11) is 0. The fraction of sp³-hybridized carbons (Fsp3) is 0. The molecule has 7 aromatic carbocycles. The number of thiophene rings is 2. The molecule has 45 heavy (non-hydrogen) atoms. The van der Waals surface area contributed by atoms with Gasteiger partial charge in [0.15, 0.2) is 0 Å². The summed E-state index contributed by atoms with van der Waals surface area (Å²) in [6, 6.07) is 52.9. The highest BCUT2D eigenvalue weighted by Crippen LogP contribution is 2.46. The first kappa shape index (κ1) is 25.1. The van der Waals surface area contributed by atoms with Gasteiger partial charge in [-0.25, -0.2) is 0 Å². The van der Waals surface area contributed by atoms with Crippen LogP contribution in [-0.4, -0.2) is 0 Å². The molecule has 0 bridgehead atoms. The molecular formula is C42H24OS2. The van der Waals surface area contributed by atoms with Crippen LogP contribution in [0, 0.1) is 0 Å². The van der Waals surface area contributed by atoms with Crippen molar-refractivity contribution in [3.8, 4) is 33.6 Å². The highest BCUT2D eigenvalue weighted by molar-refractivity contribution is 7.36. The van der Waals surface area contributed by atoms with Crippen molar-refractivity contribution in [1.29, 1.82) is 0 Å². The highest BCUT2D eigenvalue weighted by atomic mass is 32.1. The van der Waals surface area contributed by atoms with Gasteiger partial charge in [-0.3, -0.25) is 0 Å². The Morgan fingerprint density at radius 3 is 1.49 bits per heavy atom. The number of hydrogen-bond acceptors (Lipinski definition) is 3. The zero-order valence-corrected chi connectivity index (χ0v) is 25.7. The third-order valence-electron chi connectivity index (χ3n) is 9.05. The van der Waals surface area contributed by atoms with Crippen LogP contribution in [0.15, 0.2) is 150 Å². The summed E-state index contributed by atoms with van der Waals surface area (Å²) in [5.41, 5.74) is 6.87. The van der Waals surface area contributed by atoms with Gasteiger partial charge in [-0.2, -0.15) is 0 Å². The topological polar surface area (TPSA) is 13.1 Å². The van der Waals surface area contributed by atoms with Crippen molar-refractivity contribution in [3.05, 3.63) is 146 Å². The number of furan rings is 1. The van der Waals surface area contributed by atoms with E-state index in [2.05, 4.69) is 127 Å². The Morgan fingerprint density at radius 1 is 0.356 bits per heavy atom. The fourth-order valence-corrected chi connectivity index (χ4v) is 9.37. The van der Waals surface area contributed by atoms with Gasteiger partial charge in [0, 0.05) is 31.1 Å². The van der Waals surface area contributed by atoms with E-state index in [1.807, 2.05) is 40.9 Å².